The summed E-state index contributed by atoms with van der Waals surface area (Å²) >= 11 is 0. The molecule has 24 heavy (non-hydrogen) atoms. The van der Waals surface area contributed by atoms with Gasteiger partial charge in [-0.05, 0) is 29.3 Å². The molecule has 0 aliphatic rings. The average molecular weight is 319 g/mol. The molecule has 0 bridgehead atoms. The van der Waals surface area contributed by atoms with Crippen LogP contribution in [0.3, 0.4) is 0 Å². The average Bonchev–Trinajstić information content (AvgIpc) is 2.63. The van der Waals surface area contributed by atoms with Crippen LogP contribution < -0.4 is 10.9 Å². The molecule has 1 aromatic carbocycles. The van der Waals surface area contributed by atoms with Crippen LogP contribution in [-0.4, -0.2) is 15.5 Å². The van der Waals surface area contributed by atoms with Crippen molar-refractivity contribution in [2.75, 3.05) is 0 Å². The van der Waals surface area contributed by atoms with Gasteiger partial charge in [-0.1, -0.05) is 30.3 Å². The second kappa shape index (κ2) is 7.37. The first-order valence-corrected chi connectivity index (χ1v) is 7.64. The predicted molar refractivity (Wildman–Crippen MR) is 91.7 cm³/mol. The quantitative estimate of drug-likeness (QED) is 0.784. The van der Waals surface area contributed by atoms with Crippen molar-refractivity contribution in [2.45, 2.75) is 13.1 Å². The van der Waals surface area contributed by atoms with E-state index in [9.17, 15) is 9.59 Å². The molecule has 3 rings (SSSR count). The van der Waals surface area contributed by atoms with Gasteiger partial charge in [-0.25, -0.2) is 0 Å². The Kier molecular flexibility index (Phi) is 4.81. The molecule has 120 valence electrons. The largest absolute Gasteiger partial charge is 0.348 e. The zero-order valence-electron chi connectivity index (χ0n) is 13.1. The molecule has 1 amide bonds. The maximum Gasteiger partial charge on any atom is 0.251 e. The molecule has 0 spiro atoms. The monoisotopic (exact) mass is 319 g/mol. The smallest absolute Gasteiger partial charge is 0.251 e. The van der Waals surface area contributed by atoms with Crippen LogP contribution in [0.1, 0.15) is 21.5 Å². The number of pyridine rings is 2. The van der Waals surface area contributed by atoms with Gasteiger partial charge in [0.15, 0.2) is 0 Å². The number of hydrogen-bond acceptors (Lipinski definition) is 3. The maximum absolute atomic E-state index is 12.0. The lowest BCUT2D eigenvalue weighted by Crippen LogP contribution is -2.22. The van der Waals surface area contributed by atoms with Gasteiger partial charge in [0, 0.05) is 36.8 Å². The van der Waals surface area contributed by atoms with Crippen molar-refractivity contribution in [3.05, 3.63) is 100 Å². The number of nitrogens with one attached hydrogen (secondary N) is 1. The van der Waals surface area contributed by atoms with Gasteiger partial charge in [0.05, 0.1) is 6.54 Å². The van der Waals surface area contributed by atoms with E-state index in [0.29, 0.717) is 18.7 Å². The Morgan fingerprint density at radius 1 is 0.958 bits per heavy atom. The molecule has 5 heteroatoms. The first kappa shape index (κ1) is 15.7. The van der Waals surface area contributed by atoms with E-state index >= 15 is 0 Å². The van der Waals surface area contributed by atoms with Crippen molar-refractivity contribution < 1.29 is 4.79 Å². The van der Waals surface area contributed by atoms with Crippen LogP contribution in [0, 0.1) is 0 Å². The Hall–Kier alpha value is -3.21. The van der Waals surface area contributed by atoms with Crippen molar-refractivity contribution in [2.24, 2.45) is 0 Å². The number of carbonyl (C=O) groups excluding carboxylic acids is 1. The van der Waals surface area contributed by atoms with E-state index in [2.05, 4.69) is 10.3 Å². The third kappa shape index (κ3) is 3.95. The Balaban J connectivity index is 1.60. The van der Waals surface area contributed by atoms with E-state index in [-0.39, 0.29) is 11.5 Å². The molecule has 0 unspecified atom stereocenters. The minimum absolute atomic E-state index is 0.0220. The van der Waals surface area contributed by atoms with Gasteiger partial charge in [-0.2, -0.15) is 0 Å². The second-order valence-corrected chi connectivity index (χ2v) is 5.40. The van der Waals surface area contributed by atoms with Gasteiger partial charge in [0.2, 0.25) is 0 Å². The van der Waals surface area contributed by atoms with Gasteiger partial charge in [0.25, 0.3) is 11.5 Å². The van der Waals surface area contributed by atoms with Gasteiger partial charge >= 0.3 is 0 Å². The van der Waals surface area contributed by atoms with Crippen molar-refractivity contribution in [3.8, 4) is 0 Å². The van der Waals surface area contributed by atoms with Crippen LogP contribution in [0.15, 0.2) is 78.0 Å². The van der Waals surface area contributed by atoms with Gasteiger partial charge in [0.1, 0.15) is 0 Å². The summed E-state index contributed by atoms with van der Waals surface area (Å²) in [4.78, 5) is 27.6. The summed E-state index contributed by atoms with van der Waals surface area (Å²) in [5.74, 6) is -0.127. The molecular weight excluding hydrogens is 302 g/mol. The molecule has 3 aromatic rings. The van der Waals surface area contributed by atoms with Crippen molar-refractivity contribution in [1.29, 1.82) is 0 Å². The Bertz CT molecular complexity index is 871. The molecule has 0 fully saturated rings. The van der Waals surface area contributed by atoms with Crippen molar-refractivity contribution in [1.82, 2.24) is 14.9 Å². The SMILES string of the molecule is O=C(NCc1ccc(Cn2ccccc2=O)cc1)c1ccncc1. The normalized spacial score (nSPS) is 10.3. The zero-order chi connectivity index (χ0) is 16.8. The second-order valence-electron chi connectivity index (χ2n) is 5.40. The number of hydrogen-bond donors (Lipinski definition) is 1. The number of aromatic nitrogens is 2. The highest BCUT2D eigenvalue weighted by atomic mass is 16.1. The summed E-state index contributed by atoms with van der Waals surface area (Å²) in [6, 6.07) is 16.3. The van der Waals surface area contributed by atoms with E-state index in [1.54, 1.807) is 47.4 Å². The van der Waals surface area contributed by atoms with Crippen molar-refractivity contribution in [3.63, 3.8) is 0 Å². The lowest BCUT2D eigenvalue weighted by Gasteiger charge is -2.08. The molecule has 2 aromatic heterocycles. The number of rotatable bonds is 5. The van der Waals surface area contributed by atoms with E-state index in [1.165, 1.54) is 0 Å². The fraction of sp³-hybridized carbons (Fsp3) is 0.105. The first-order chi connectivity index (χ1) is 11.7. The number of amides is 1. The Morgan fingerprint density at radius 2 is 1.67 bits per heavy atom. The van der Waals surface area contributed by atoms with E-state index in [1.807, 2.05) is 30.3 Å². The summed E-state index contributed by atoms with van der Waals surface area (Å²) in [5, 5.41) is 2.87. The van der Waals surface area contributed by atoms with E-state index in [4.69, 9.17) is 0 Å². The lowest BCUT2D eigenvalue weighted by molar-refractivity contribution is 0.0951. The summed E-state index contributed by atoms with van der Waals surface area (Å²) in [5.41, 5.74) is 2.60. The van der Waals surface area contributed by atoms with Gasteiger partial charge < -0.3 is 9.88 Å². The summed E-state index contributed by atoms with van der Waals surface area (Å²) in [6.45, 7) is 0.982. The fourth-order valence-electron chi connectivity index (χ4n) is 2.34. The summed E-state index contributed by atoms with van der Waals surface area (Å²) in [6.07, 6.45) is 4.95. The summed E-state index contributed by atoms with van der Waals surface area (Å²) < 4.78 is 1.65. The zero-order valence-corrected chi connectivity index (χ0v) is 13.1. The Labute approximate surface area is 139 Å². The van der Waals surface area contributed by atoms with Gasteiger partial charge in [-0.15, -0.1) is 0 Å². The molecule has 0 atom stereocenters. The molecule has 5 nitrogen and oxygen atoms in total. The maximum atomic E-state index is 12.0. The third-order valence-electron chi connectivity index (χ3n) is 3.67. The highest BCUT2D eigenvalue weighted by Gasteiger charge is 2.04. The first-order valence-electron chi connectivity index (χ1n) is 7.64. The Morgan fingerprint density at radius 3 is 2.38 bits per heavy atom. The number of benzene rings is 1. The van der Waals surface area contributed by atoms with E-state index in [0.717, 1.165) is 11.1 Å². The topological polar surface area (TPSA) is 64.0 Å². The van der Waals surface area contributed by atoms with Gasteiger partial charge in [-0.3, -0.25) is 14.6 Å². The molecule has 0 saturated carbocycles. The van der Waals surface area contributed by atoms with Crippen LogP contribution >= 0.6 is 0 Å². The van der Waals surface area contributed by atoms with Crippen LogP contribution in [0.4, 0.5) is 0 Å². The number of nitrogens with zero attached hydrogens (tertiary/aromatic N) is 2. The minimum Gasteiger partial charge on any atom is -0.348 e. The van der Waals surface area contributed by atoms with Crippen LogP contribution in [0.2, 0.25) is 0 Å². The fourth-order valence-corrected chi connectivity index (χ4v) is 2.34. The lowest BCUT2D eigenvalue weighted by atomic mass is 10.1. The molecule has 0 aliphatic carbocycles. The third-order valence-corrected chi connectivity index (χ3v) is 3.67. The standard InChI is InChI=1S/C19H17N3O2/c23-18-3-1-2-12-22(18)14-16-6-4-15(5-7-16)13-21-19(24)17-8-10-20-11-9-17/h1-12H,13-14H2,(H,21,24). The van der Waals surface area contributed by atoms with Crippen LogP contribution in [0.25, 0.3) is 0 Å². The summed E-state index contributed by atoms with van der Waals surface area (Å²) in [7, 11) is 0. The van der Waals surface area contributed by atoms with Crippen molar-refractivity contribution >= 4 is 5.91 Å². The molecule has 0 radical (unpaired) electrons. The highest BCUT2D eigenvalue weighted by molar-refractivity contribution is 5.93. The molecule has 0 saturated heterocycles. The highest BCUT2D eigenvalue weighted by Crippen LogP contribution is 2.06. The van der Waals surface area contributed by atoms with Crippen LogP contribution in [-0.2, 0) is 13.1 Å². The number of carbonyl (C=O) groups is 1. The predicted octanol–water partition coefficient (Wildman–Crippen LogP) is 2.22. The molecule has 2 heterocycles. The minimum atomic E-state index is -0.127. The molecule has 0 aliphatic heterocycles. The van der Waals surface area contributed by atoms with Crippen LogP contribution in [0.5, 0.6) is 0 Å². The van der Waals surface area contributed by atoms with E-state index < -0.39 is 0 Å². The molecular formula is C19H17N3O2. The molecule has 1 N–H and O–H groups in total.